The zero-order valence-corrected chi connectivity index (χ0v) is 16.8. The van der Waals surface area contributed by atoms with Gasteiger partial charge in [0.2, 0.25) is 0 Å². The summed E-state index contributed by atoms with van der Waals surface area (Å²) < 4.78 is 17.0. The number of amides is 2. The summed E-state index contributed by atoms with van der Waals surface area (Å²) in [6.45, 7) is 6.81. The molecule has 2 aromatic rings. The molecule has 150 valence electrons. The van der Waals surface area contributed by atoms with Crippen molar-refractivity contribution in [3.05, 3.63) is 40.9 Å². The SMILES string of the molecule is CC(C)(C)OC(=O)N1CCO[C@H](c2cccc(Oc3ncc(C(N)=O)s3)c2)C1. The van der Waals surface area contributed by atoms with E-state index in [1.807, 2.05) is 39.0 Å². The van der Waals surface area contributed by atoms with E-state index in [9.17, 15) is 9.59 Å². The Hall–Kier alpha value is -2.65. The first-order chi connectivity index (χ1) is 13.2. The van der Waals surface area contributed by atoms with Gasteiger partial charge in [0.15, 0.2) is 0 Å². The molecule has 2 N–H and O–H groups in total. The van der Waals surface area contributed by atoms with Gasteiger partial charge in [-0.25, -0.2) is 9.78 Å². The van der Waals surface area contributed by atoms with Crippen LogP contribution in [-0.4, -0.2) is 47.2 Å². The largest absolute Gasteiger partial charge is 0.444 e. The molecule has 1 aliphatic rings. The zero-order chi connectivity index (χ0) is 20.3. The van der Waals surface area contributed by atoms with E-state index >= 15 is 0 Å². The first-order valence-corrected chi connectivity index (χ1v) is 9.66. The third kappa shape index (κ3) is 5.20. The van der Waals surface area contributed by atoms with Crippen LogP contribution in [0.1, 0.15) is 42.1 Å². The monoisotopic (exact) mass is 405 g/mol. The van der Waals surface area contributed by atoms with Gasteiger partial charge >= 0.3 is 6.09 Å². The standard InChI is InChI=1S/C19H23N3O5S/c1-19(2,3)27-18(24)22-7-8-25-14(11-22)12-5-4-6-13(9-12)26-17-21-10-15(28-17)16(20)23/h4-6,9-10,14H,7-8,11H2,1-3H3,(H2,20,23)/t14-/m0/s1. The van der Waals surface area contributed by atoms with Crippen LogP contribution in [0.25, 0.3) is 0 Å². The molecule has 1 atom stereocenters. The lowest BCUT2D eigenvalue weighted by molar-refractivity contribution is -0.0433. The van der Waals surface area contributed by atoms with Gasteiger partial charge in [0.05, 0.1) is 19.3 Å². The fraction of sp³-hybridized carbons (Fsp3) is 0.421. The van der Waals surface area contributed by atoms with Crippen LogP contribution in [0.2, 0.25) is 0 Å². The van der Waals surface area contributed by atoms with Crippen LogP contribution in [0.5, 0.6) is 10.9 Å². The van der Waals surface area contributed by atoms with Gasteiger partial charge in [0.1, 0.15) is 22.3 Å². The quantitative estimate of drug-likeness (QED) is 0.837. The minimum atomic E-state index is -0.546. The third-order valence-electron chi connectivity index (χ3n) is 3.88. The summed E-state index contributed by atoms with van der Waals surface area (Å²) >= 11 is 1.08. The zero-order valence-electron chi connectivity index (χ0n) is 16.0. The third-order valence-corrected chi connectivity index (χ3v) is 4.77. The van der Waals surface area contributed by atoms with Gasteiger partial charge in [-0.1, -0.05) is 23.5 Å². The van der Waals surface area contributed by atoms with Crippen molar-refractivity contribution < 1.29 is 23.8 Å². The van der Waals surface area contributed by atoms with Crippen LogP contribution >= 0.6 is 11.3 Å². The molecule has 1 aliphatic heterocycles. The molecule has 2 amide bonds. The summed E-state index contributed by atoms with van der Waals surface area (Å²) in [7, 11) is 0. The summed E-state index contributed by atoms with van der Waals surface area (Å²) in [5, 5.41) is 0.325. The van der Waals surface area contributed by atoms with Crippen molar-refractivity contribution in [1.82, 2.24) is 9.88 Å². The summed E-state index contributed by atoms with van der Waals surface area (Å²) in [5.41, 5.74) is 5.56. The van der Waals surface area contributed by atoms with Crippen molar-refractivity contribution in [1.29, 1.82) is 0 Å². The highest BCUT2D eigenvalue weighted by molar-refractivity contribution is 7.15. The second-order valence-electron chi connectivity index (χ2n) is 7.32. The molecule has 1 aromatic heterocycles. The molecule has 28 heavy (non-hydrogen) atoms. The number of nitrogens with two attached hydrogens (primary N) is 1. The lowest BCUT2D eigenvalue weighted by Gasteiger charge is -2.34. The van der Waals surface area contributed by atoms with Gasteiger partial charge in [0.25, 0.3) is 11.1 Å². The molecule has 1 saturated heterocycles. The predicted octanol–water partition coefficient (Wildman–Crippen LogP) is 3.34. The summed E-state index contributed by atoms with van der Waals surface area (Å²) in [6, 6.07) is 7.35. The highest BCUT2D eigenvalue weighted by Crippen LogP contribution is 2.30. The number of morpholine rings is 1. The van der Waals surface area contributed by atoms with E-state index in [0.29, 0.717) is 35.5 Å². The number of ether oxygens (including phenoxy) is 3. The fourth-order valence-corrected chi connectivity index (χ4v) is 3.28. The predicted molar refractivity (Wildman–Crippen MR) is 104 cm³/mol. The van der Waals surface area contributed by atoms with E-state index < -0.39 is 11.5 Å². The van der Waals surface area contributed by atoms with E-state index in [0.717, 1.165) is 16.9 Å². The van der Waals surface area contributed by atoms with E-state index in [-0.39, 0.29) is 12.2 Å². The normalized spacial score (nSPS) is 17.2. The molecule has 2 heterocycles. The number of rotatable bonds is 4. The van der Waals surface area contributed by atoms with Gasteiger partial charge in [-0.05, 0) is 38.5 Å². The maximum atomic E-state index is 12.3. The van der Waals surface area contributed by atoms with Crippen molar-refractivity contribution in [2.24, 2.45) is 5.73 Å². The molecular weight excluding hydrogens is 382 g/mol. The fourth-order valence-electron chi connectivity index (χ4n) is 2.64. The lowest BCUT2D eigenvalue weighted by atomic mass is 10.1. The van der Waals surface area contributed by atoms with Crippen LogP contribution in [0.15, 0.2) is 30.5 Å². The topological polar surface area (TPSA) is 104 Å². The Balaban J connectivity index is 1.68. The number of hydrogen-bond acceptors (Lipinski definition) is 7. The van der Waals surface area contributed by atoms with Gasteiger partial charge < -0.3 is 24.8 Å². The minimum absolute atomic E-state index is 0.290. The Kier molecular flexibility index (Phi) is 5.85. The maximum Gasteiger partial charge on any atom is 0.410 e. The van der Waals surface area contributed by atoms with E-state index in [1.54, 1.807) is 11.0 Å². The summed E-state index contributed by atoms with van der Waals surface area (Å²) in [4.78, 5) is 29.5. The maximum absolute atomic E-state index is 12.3. The van der Waals surface area contributed by atoms with Crippen molar-refractivity contribution in [2.45, 2.75) is 32.5 Å². The summed E-state index contributed by atoms with van der Waals surface area (Å²) in [6.07, 6.45) is 0.743. The number of benzene rings is 1. The van der Waals surface area contributed by atoms with Crippen molar-refractivity contribution in [3.8, 4) is 10.9 Å². The molecule has 0 radical (unpaired) electrons. The Morgan fingerprint density at radius 2 is 2.14 bits per heavy atom. The molecule has 0 aliphatic carbocycles. The number of hydrogen-bond donors (Lipinski definition) is 1. The minimum Gasteiger partial charge on any atom is -0.444 e. The molecule has 0 spiro atoms. The second kappa shape index (κ2) is 8.15. The molecule has 0 unspecified atom stereocenters. The Morgan fingerprint density at radius 3 is 2.82 bits per heavy atom. The van der Waals surface area contributed by atoms with Gasteiger partial charge in [0, 0.05) is 6.54 Å². The number of aromatic nitrogens is 1. The number of carbonyl (C=O) groups excluding carboxylic acids is 2. The Morgan fingerprint density at radius 1 is 1.36 bits per heavy atom. The van der Waals surface area contributed by atoms with E-state index in [4.69, 9.17) is 19.9 Å². The van der Waals surface area contributed by atoms with Crippen molar-refractivity contribution in [2.75, 3.05) is 19.7 Å². The molecule has 1 aromatic carbocycles. The number of thiazole rings is 1. The van der Waals surface area contributed by atoms with Crippen molar-refractivity contribution in [3.63, 3.8) is 0 Å². The molecular formula is C19H23N3O5S. The highest BCUT2D eigenvalue weighted by Gasteiger charge is 2.29. The summed E-state index contributed by atoms with van der Waals surface area (Å²) in [5.74, 6) is 0.0137. The number of nitrogens with zero attached hydrogens (tertiary/aromatic N) is 2. The van der Waals surface area contributed by atoms with Gasteiger partial charge in [-0.2, -0.15) is 0 Å². The first kappa shape index (κ1) is 20.1. The Bertz CT molecular complexity index is 861. The molecule has 0 saturated carbocycles. The van der Waals surface area contributed by atoms with Gasteiger partial charge in [-0.3, -0.25) is 4.79 Å². The number of primary amides is 1. The average Bonchev–Trinajstić information content (AvgIpc) is 3.09. The van der Waals surface area contributed by atoms with Crippen LogP contribution in [0.4, 0.5) is 4.79 Å². The molecule has 0 bridgehead atoms. The van der Waals surface area contributed by atoms with Crippen LogP contribution in [0, 0.1) is 0 Å². The van der Waals surface area contributed by atoms with Gasteiger partial charge in [-0.15, -0.1) is 0 Å². The van der Waals surface area contributed by atoms with E-state index in [2.05, 4.69) is 4.98 Å². The number of carbonyl (C=O) groups is 2. The van der Waals surface area contributed by atoms with Crippen LogP contribution in [-0.2, 0) is 9.47 Å². The van der Waals surface area contributed by atoms with E-state index in [1.165, 1.54) is 6.20 Å². The van der Waals surface area contributed by atoms with Crippen LogP contribution in [0.3, 0.4) is 0 Å². The first-order valence-electron chi connectivity index (χ1n) is 8.84. The molecule has 3 rings (SSSR count). The molecule has 8 nitrogen and oxygen atoms in total. The highest BCUT2D eigenvalue weighted by atomic mass is 32.1. The molecule has 1 fully saturated rings. The average molecular weight is 405 g/mol. The smallest absolute Gasteiger partial charge is 0.410 e. The second-order valence-corrected chi connectivity index (χ2v) is 8.31. The van der Waals surface area contributed by atoms with Crippen molar-refractivity contribution >= 4 is 23.3 Å². The molecule has 9 heteroatoms. The van der Waals surface area contributed by atoms with Crippen LogP contribution < -0.4 is 10.5 Å². The Labute approximate surface area is 167 Å². The lowest BCUT2D eigenvalue weighted by Crippen LogP contribution is -2.44.